The number of pyridine rings is 1. The summed E-state index contributed by atoms with van der Waals surface area (Å²) in [5.41, 5.74) is 5.33. The second-order valence-electron chi connectivity index (χ2n) is 10.1. The van der Waals surface area contributed by atoms with Crippen molar-refractivity contribution in [1.29, 1.82) is 0 Å². The van der Waals surface area contributed by atoms with Crippen LogP contribution in [0.5, 0.6) is 0 Å². The number of H-pyrrole nitrogens is 2. The Morgan fingerprint density at radius 3 is 2.59 bits per heavy atom. The molecule has 0 aliphatic heterocycles. The predicted molar refractivity (Wildman–Crippen MR) is 136 cm³/mol. The van der Waals surface area contributed by atoms with Crippen LogP contribution >= 0.6 is 0 Å². The molecule has 3 heterocycles. The quantitative estimate of drug-likeness (QED) is 0.296. The monoisotopic (exact) mass is 477 g/mol. The van der Waals surface area contributed by atoms with E-state index in [1.165, 1.54) is 6.07 Å². The van der Waals surface area contributed by atoms with Crippen molar-refractivity contribution in [2.75, 3.05) is 6.61 Å². The van der Waals surface area contributed by atoms with Gasteiger partial charge in [-0.25, -0.2) is 9.37 Å². The molecule has 4 rings (SSSR count). The van der Waals surface area contributed by atoms with E-state index in [4.69, 9.17) is 4.43 Å². The summed E-state index contributed by atoms with van der Waals surface area (Å²) in [7, 11) is -1.82. The van der Waals surface area contributed by atoms with E-state index in [9.17, 15) is 4.39 Å². The van der Waals surface area contributed by atoms with Crippen molar-refractivity contribution in [3.8, 4) is 33.8 Å². The highest BCUT2D eigenvalue weighted by atomic mass is 28.4. The molecule has 0 spiro atoms. The summed E-state index contributed by atoms with van der Waals surface area (Å²) in [4.78, 5) is 12.3. The Morgan fingerprint density at radius 1 is 1.06 bits per heavy atom. The number of rotatable bonds is 7. The highest BCUT2D eigenvalue weighted by Crippen LogP contribution is 2.36. The molecule has 0 saturated carbocycles. The lowest BCUT2D eigenvalue weighted by atomic mass is 10.0. The molecule has 0 aliphatic rings. The Bertz CT molecular complexity index is 1290. The molecule has 6 nitrogen and oxygen atoms in total. The van der Waals surface area contributed by atoms with E-state index in [2.05, 4.69) is 59.0 Å². The first-order chi connectivity index (χ1) is 16.0. The smallest absolute Gasteiger partial charge is 0.191 e. The number of nitrogens with one attached hydrogen (secondary N) is 2. The topological polar surface area (TPSA) is 79.5 Å². The van der Waals surface area contributed by atoms with Crippen molar-refractivity contribution in [3.63, 3.8) is 0 Å². The first-order valence-electron chi connectivity index (χ1n) is 11.5. The number of nitrogens with zero attached hydrogens (tertiary/aromatic N) is 3. The summed E-state index contributed by atoms with van der Waals surface area (Å²) in [5.74, 6) is 0.474. The van der Waals surface area contributed by atoms with Gasteiger partial charge in [-0.05, 0) is 54.9 Å². The highest BCUT2D eigenvalue weighted by Gasteiger charge is 2.36. The molecule has 0 radical (unpaired) electrons. The van der Waals surface area contributed by atoms with E-state index in [1.807, 2.05) is 31.2 Å². The largest absolute Gasteiger partial charge is 0.416 e. The minimum atomic E-state index is -1.82. The molecule has 34 heavy (non-hydrogen) atoms. The van der Waals surface area contributed by atoms with Crippen molar-refractivity contribution in [1.82, 2.24) is 25.1 Å². The summed E-state index contributed by atoms with van der Waals surface area (Å²) >= 11 is 0. The van der Waals surface area contributed by atoms with Gasteiger partial charge in [0.2, 0.25) is 0 Å². The Kier molecular flexibility index (Phi) is 6.55. The van der Waals surface area contributed by atoms with Gasteiger partial charge in [0, 0.05) is 29.8 Å². The van der Waals surface area contributed by atoms with Crippen molar-refractivity contribution < 1.29 is 8.82 Å². The summed E-state index contributed by atoms with van der Waals surface area (Å²) in [6.07, 6.45) is 4.08. The summed E-state index contributed by atoms with van der Waals surface area (Å²) in [6.45, 7) is 13.7. The number of aromatic amines is 2. The second-order valence-corrected chi connectivity index (χ2v) is 14.9. The zero-order valence-electron chi connectivity index (χ0n) is 20.7. The minimum Gasteiger partial charge on any atom is -0.416 e. The fourth-order valence-electron chi connectivity index (χ4n) is 3.53. The molecule has 4 aromatic rings. The number of aryl methyl sites for hydroxylation is 1. The fourth-order valence-corrected chi connectivity index (χ4v) is 4.57. The lowest BCUT2D eigenvalue weighted by Crippen LogP contribution is -2.41. The van der Waals surface area contributed by atoms with Crippen LogP contribution in [0.4, 0.5) is 4.39 Å². The zero-order chi connectivity index (χ0) is 24.5. The molecule has 0 unspecified atom stereocenters. The average molecular weight is 478 g/mol. The third-order valence-corrected chi connectivity index (χ3v) is 11.1. The van der Waals surface area contributed by atoms with Crippen LogP contribution in [0.1, 0.15) is 32.3 Å². The Morgan fingerprint density at radius 2 is 1.85 bits per heavy atom. The van der Waals surface area contributed by atoms with E-state index < -0.39 is 8.32 Å². The van der Waals surface area contributed by atoms with Crippen molar-refractivity contribution >= 4 is 8.32 Å². The van der Waals surface area contributed by atoms with Crippen molar-refractivity contribution in [2.45, 2.75) is 52.2 Å². The van der Waals surface area contributed by atoms with Crippen LogP contribution in [-0.4, -0.2) is 40.1 Å². The number of hydrogen-bond donors (Lipinski definition) is 2. The van der Waals surface area contributed by atoms with Gasteiger partial charge >= 0.3 is 0 Å². The molecule has 0 saturated heterocycles. The highest BCUT2D eigenvalue weighted by molar-refractivity contribution is 6.74. The molecule has 0 aliphatic carbocycles. The summed E-state index contributed by atoms with van der Waals surface area (Å²) in [6, 6.07) is 10.9. The van der Waals surface area contributed by atoms with Gasteiger partial charge in [-0.15, -0.1) is 0 Å². The number of imidazole rings is 1. The third-order valence-electron chi connectivity index (χ3n) is 6.59. The van der Waals surface area contributed by atoms with E-state index >= 15 is 0 Å². The maximum absolute atomic E-state index is 14.8. The molecule has 3 aromatic heterocycles. The van der Waals surface area contributed by atoms with Crippen molar-refractivity contribution in [2.24, 2.45) is 0 Å². The molecule has 0 bridgehead atoms. The van der Waals surface area contributed by atoms with Crippen LogP contribution in [0.15, 0.2) is 48.8 Å². The van der Waals surface area contributed by atoms with Crippen LogP contribution < -0.4 is 0 Å². The first-order valence-corrected chi connectivity index (χ1v) is 14.4. The van der Waals surface area contributed by atoms with E-state index in [0.717, 1.165) is 34.0 Å². The summed E-state index contributed by atoms with van der Waals surface area (Å²) < 4.78 is 21.1. The molecular weight excluding hydrogens is 445 g/mol. The van der Waals surface area contributed by atoms with Gasteiger partial charge in [-0.1, -0.05) is 32.9 Å². The lowest BCUT2D eigenvalue weighted by molar-refractivity contribution is 0.289. The Hall–Kier alpha value is -3.10. The zero-order valence-corrected chi connectivity index (χ0v) is 21.7. The minimum absolute atomic E-state index is 0.158. The Balaban J connectivity index is 1.56. The second kappa shape index (κ2) is 9.27. The van der Waals surface area contributed by atoms with Gasteiger partial charge < -0.3 is 9.41 Å². The van der Waals surface area contributed by atoms with E-state index in [-0.39, 0.29) is 10.9 Å². The number of halogens is 1. The number of aromatic nitrogens is 5. The van der Waals surface area contributed by atoms with Gasteiger partial charge in [0.15, 0.2) is 8.32 Å². The molecule has 0 amide bonds. The maximum atomic E-state index is 14.8. The lowest BCUT2D eigenvalue weighted by Gasteiger charge is -2.36. The standard InChI is InChI=1S/C26H32FN5OSi/c1-17-8-7-9-22(30-17)25-20(15-29-32-25)18-10-11-21(27)19(14-18)23-16-28-24(31-23)12-13-33-34(5,6)26(2,3)4/h7-11,14-16H,12-13H2,1-6H3,(H,28,31)(H,29,32). The first kappa shape index (κ1) is 24.0. The van der Waals surface area contributed by atoms with Crippen molar-refractivity contribution in [3.05, 3.63) is 66.1 Å². The molecule has 0 fully saturated rings. The van der Waals surface area contributed by atoms with Crippen LogP contribution in [0.25, 0.3) is 33.8 Å². The Labute approximate surface area is 201 Å². The van der Waals surface area contributed by atoms with Crippen LogP contribution in [0.2, 0.25) is 18.1 Å². The number of benzene rings is 1. The van der Waals surface area contributed by atoms with Crippen LogP contribution in [-0.2, 0) is 10.8 Å². The molecular formula is C26H32FN5OSi. The van der Waals surface area contributed by atoms with Crippen LogP contribution in [0, 0.1) is 12.7 Å². The summed E-state index contributed by atoms with van der Waals surface area (Å²) in [5, 5.41) is 7.41. The van der Waals surface area contributed by atoms with Gasteiger partial charge in [0.25, 0.3) is 0 Å². The average Bonchev–Trinajstić information content (AvgIpc) is 3.43. The maximum Gasteiger partial charge on any atom is 0.191 e. The van der Waals surface area contributed by atoms with E-state index in [1.54, 1.807) is 18.5 Å². The molecule has 178 valence electrons. The molecule has 1 aromatic carbocycles. The molecule has 0 atom stereocenters. The SMILES string of the molecule is Cc1cccc(-c2[nH]ncc2-c2ccc(F)c(-c3cnc(CCO[Si](C)(C)C(C)(C)C)[nH]3)c2)n1. The molecule has 8 heteroatoms. The predicted octanol–water partition coefficient (Wildman–Crippen LogP) is 6.54. The molecule has 2 N–H and O–H groups in total. The normalized spacial score (nSPS) is 12.3. The van der Waals surface area contributed by atoms with Gasteiger partial charge in [0.05, 0.1) is 29.5 Å². The van der Waals surface area contributed by atoms with Crippen LogP contribution in [0.3, 0.4) is 0 Å². The third kappa shape index (κ3) is 5.03. The van der Waals surface area contributed by atoms with Gasteiger partial charge in [0.1, 0.15) is 11.6 Å². The number of hydrogen-bond acceptors (Lipinski definition) is 4. The van der Waals surface area contributed by atoms with Gasteiger partial charge in [-0.3, -0.25) is 10.1 Å². The van der Waals surface area contributed by atoms with Gasteiger partial charge in [-0.2, -0.15) is 5.10 Å². The van der Waals surface area contributed by atoms with E-state index in [0.29, 0.717) is 24.3 Å². The fraction of sp³-hybridized carbons (Fsp3) is 0.346.